The van der Waals surface area contributed by atoms with Gasteiger partial charge >= 0.3 is 0 Å². The van der Waals surface area contributed by atoms with E-state index in [0.717, 1.165) is 0 Å². The maximum absolute atomic E-state index is 13.1. The molecule has 1 N–H and O–H groups in total. The predicted molar refractivity (Wildman–Crippen MR) is 131 cm³/mol. The van der Waals surface area contributed by atoms with E-state index in [1.165, 1.54) is 33.3 Å². The summed E-state index contributed by atoms with van der Waals surface area (Å²) in [4.78, 5) is 13.2. The summed E-state index contributed by atoms with van der Waals surface area (Å²) in [5, 5.41) is 7.22. The Morgan fingerprint density at radius 1 is 1.06 bits per heavy atom. The van der Waals surface area contributed by atoms with Gasteiger partial charge < -0.3 is 10.1 Å². The van der Waals surface area contributed by atoms with Crippen LogP contribution >= 0.6 is 0 Å². The number of rotatable bonds is 8. The molecule has 0 spiro atoms. The first-order chi connectivity index (χ1) is 16.6. The standard InChI is InChI=1S/C23H26N4O6S2/c1-4-26(5-2)35(31,32)19-12-6-16(7-13-19)23(28)24-22-20-14-34(29,30)15-21(20)25-27(22)17-8-10-18(33-3)11-9-17/h6-13H,4-5,14-15H2,1-3H3,(H,24,28). The van der Waals surface area contributed by atoms with E-state index >= 15 is 0 Å². The van der Waals surface area contributed by atoms with Crippen LogP contribution in [-0.4, -0.2) is 57.0 Å². The van der Waals surface area contributed by atoms with Crippen molar-refractivity contribution in [3.05, 3.63) is 65.4 Å². The van der Waals surface area contributed by atoms with E-state index in [1.807, 2.05) is 0 Å². The molecule has 4 rings (SSSR count). The van der Waals surface area contributed by atoms with Gasteiger partial charge in [-0.1, -0.05) is 13.8 Å². The minimum atomic E-state index is -3.65. The molecule has 0 saturated carbocycles. The minimum absolute atomic E-state index is 0.0907. The highest BCUT2D eigenvalue weighted by Gasteiger charge is 2.33. The van der Waals surface area contributed by atoms with Crippen molar-refractivity contribution in [2.45, 2.75) is 30.2 Å². The number of carbonyl (C=O) groups excluding carboxylic acids is 1. The maximum atomic E-state index is 13.1. The number of nitrogens with one attached hydrogen (secondary N) is 1. The Balaban J connectivity index is 1.66. The summed E-state index contributed by atoms with van der Waals surface area (Å²) >= 11 is 0. The Hall–Kier alpha value is -3.22. The van der Waals surface area contributed by atoms with Gasteiger partial charge in [-0.05, 0) is 48.5 Å². The van der Waals surface area contributed by atoms with Crippen molar-refractivity contribution in [1.29, 1.82) is 0 Å². The van der Waals surface area contributed by atoms with Crippen LogP contribution in [0.2, 0.25) is 0 Å². The fourth-order valence-electron chi connectivity index (χ4n) is 3.95. The van der Waals surface area contributed by atoms with Gasteiger partial charge in [0.15, 0.2) is 9.84 Å². The van der Waals surface area contributed by atoms with Gasteiger partial charge in [0.05, 0.1) is 34.9 Å². The number of nitrogens with zero attached hydrogens (tertiary/aromatic N) is 3. The number of hydrogen-bond donors (Lipinski definition) is 1. The van der Waals surface area contributed by atoms with Crippen LogP contribution in [0.15, 0.2) is 53.4 Å². The summed E-state index contributed by atoms with van der Waals surface area (Å²) in [6.45, 7) is 4.19. The number of amides is 1. The van der Waals surface area contributed by atoms with E-state index in [0.29, 0.717) is 35.8 Å². The van der Waals surface area contributed by atoms with E-state index in [-0.39, 0.29) is 27.8 Å². The van der Waals surface area contributed by atoms with Crippen LogP contribution in [0, 0.1) is 0 Å². The molecule has 1 aliphatic rings. The third-order valence-electron chi connectivity index (χ3n) is 5.80. The lowest BCUT2D eigenvalue weighted by molar-refractivity contribution is 0.102. The average Bonchev–Trinajstić information content (AvgIpc) is 3.31. The van der Waals surface area contributed by atoms with Crippen molar-refractivity contribution in [3.63, 3.8) is 0 Å². The number of anilines is 1. The molecular formula is C23H26N4O6S2. The molecule has 0 saturated heterocycles. The van der Waals surface area contributed by atoms with Crippen LogP contribution in [0.3, 0.4) is 0 Å². The summed E-state index contributed by atoms with van der Waals surface area (Å²) < 4.78 is 57.8. The molecule has 1 amide bonds. The van der Waals surface area contributed by atoms with Crippen LogP contribution in [0.5, 0.6) is 5.75 Å². The number of benzene rings is 2. The fourth-order valence-corrected chi connectivity index (χ4v) is 6.90. The second-order valence-corrected chi connectivity index (χ2v) is 12.0. The Bertz CT molecular complexity index is 1460. The van der Waals surface area contributed by atoms with Crippen molar-refractivity contribution >= 4 is 31.6 Å². The Morgan fingerprint density at radius 2 is 1.69 bits per heavy atom. The van der Waals surface area contributed by atoms with Gasteiger partial charge in [-0.3, -0.25) is 4.79 Å². The van der Waals surface area contributed by atoms with Crippen LogP contribution in [0.1, 0.15) is 35.5 Å². The van der Waals surface area contributed by atoms with Gasteiger partial charge in [-0.2, -0.15) is 9.40 Å². The summed E-state index contributed by atoms with van der Waals surface area (Å²) in [6.07, 6.45) is 0. The molecule has 12 heteroatoms. The lowest BCUT2D eigenvalue weighted by atomic mass is 10.2. The van der Waals surface area contributed by atoms with Gasteiger partial charge in [0.25, 0.3) is 5.91 Å². The highest BCUT2D eigenvalue weighted by Crippen LogP contribution is 2.33. The largest absolute Gasteiger partial charge is 0.497 e. The maximum Gasteiger partial charge on any atom is 0.256 e. The summed E-state index contributed by atoms with van der Waals surface area (Å²) in [5.41, 5.74) is 1.67. The molecule has 0 radical (unpaired) electrons. The number of ether oxygens (including phenoxy) is 1. The molecule has 2 aromatic carbocycles. The molecule has 186 valence electrons. The average molecular weight is 519 g/mol. The van der Waals surface area contributed by atoms with Crippen molar-refractivity contribution in [3.8, 4) is 11.4 Å². The van der Waals surface area contributed by atoms with Gasteiger partial charge in [0.2, 0.25) is 10.0 Å². The van der Waals surface area contributed by atoms with Crippen LogP contribution < -0.4 is 10.1 Å². The van der Waals surface area contributed by atoms with Gasteiger partial charge in [-0.15, -0.1) is 0 Å². The molecule has 2 heterocycles. The second-order valence-electron chi connectivity index (χ2n) is 7.98. The van der Waals surface area contributed by atoms with Crippen molar-refractivity contribution < 1.29 is 26.4 Å². The molecule has 0 atom stereocenters. The number of methoxy groups -OCH3 is 1. The molecule has 3 aromatic rings. The molecule has 1 aliphatic heterocycles. The van der Waals surface area contributed by atoms with Crippen molar-refractivity contribution in [2.24, 2.45) is 0 Å². The van der Waals surface area contributed by atoms with Crippen LogP contribution in [0.25, 0.3) is 5.69 Å². The fraction of sp³-hybridized carbons (Fsp3) is 0.304. The molecule has 35 heavy (non-hydrogen) atoms. The van der Waals surface area contributed by atoms with Gasteiger partial charge in [0.1, 0.15) is 11.6 Å². The number of carbonyl (C=O) groups is 1. The lowest BCUT2D eigenvalue weighted by Gasteiger charge is -2.18. The van der Waals surface area contributed by atoms with Crippen LogP contribution in [-0.2, 0) is 31.4 Å². The number of aromatic nitrogens is 2. The molecule has 10 nitrogen and oxygen atoms in total. The van der Waals surface area contributed by atoms with Gasteiger partial charge in [-0.25, -0.2) is 21.5 Å². The zero-order valence-corrected chi connectivity index (χ0v) is 21.2. The third-order valence-corrected chi connectivity index (χ3v) is 9.30. The molecular weight excluding hydrogens is 492 g/mol. The summed E-state index contributed by atoms with van der Waals surface area (Å²) in [5.74, 6) is -0.0440. The van der Waals surface area contributed by atoms with Gasteiger partial charge in [0, 0.05) is 24.2 Å². The SMILES string of the molecule is CCN(CC)S(=O)(=O)c1ccc(C(=O)Nc2c3c(nn2-c2ccc(OC)cc2)CS(=O)(=O)C3)cc1. The molecule has 0 unspecified atom stereocenters. The predicted octanol–water partition coefficient (Wildman–Crippen LogP) is 2.59. The molecule has 1 aromatic heterocycles. The van der Waals surface area contributed by atoms with E-state index in [9.17, 15) is 21.6 Å². The highest BCUT2D eigenvalue weighted by molar-refractivity contribution is 7.90. The van der Waals surface area contributed by atoms with Crippen molar-refractivity contribution in [2.75, 3.05) is 25.5 Å². The smallest absolute Gasteiger partial charge is 0.256 e. The molecule has 0 bridgehead atoms. The zero-order chi connectivity index (χ0) is 25.4. The Labute approximate surface area is 204 Å². The normalized spacial score (nSPS) is 14.6. The Morgan fingerprint density at radius 3 is 2.26 bits per heavy atom. The first-order valence-electron chi connectivity index (χ1n) is 11.0. The number of fused-ring (bicyclic) bond motifs is 1. The molecule has 0 aliphatic carbocycles. The molecule has 0 fully saturated rings. The van der Waals surface area contributed by atoms with E-state index in [2.05, 4.69) is 10.4 Å². The Kier molecular flexibility index (Phi) is 6.71. The van der Waals surface area contributed by atoms with Crippen molar-refractivity contribution in [1.82, 2.24) is 14.1 Å². The monoisotopic (exact) mass is 518 g/mol. The number of hydrogen-bond acceptors (Lipinski definition) is 7. The first kappa shape index (κ1) is 24.9. The summed E-state index contributed by atoms with van der Waals surface area (Å²) in [7, 11) is -5.45. The number of sulfone groups is 1. The first-order valence-corrected chi connectivity index (χ1v) is 14.2. The summed E-state index contributed by atoms with van der Waals surface area (Å²) in [6, 6.07) is 12.6. The van der Waals surface area contributed by atoms with E-state index in [1.54, 1.807) is 45.2 Å². The second kappa shape index (κ2) is 9.44. The lowest BCUT2D eigenvalue weighted by Crippen LogP contribution is -2.30. The topological polar surface area (TPSA) is 128 Å². The van der Waals surface area contributed by atoms with Crippen LogP contribution in [0.4, 0.5) is 5.82 Å². The number of sulfonamides is 1. The van der Waals surface area contributed by atoms with E-state index < -0.39 is 25.8 Å². The van der Waals surface area contributed by atoms with E-state index in [4.69, 9.17) is 4.74 Å². The quantitative estimate of drug-likeness (QED) is 0.485. The minimum Gasteiger partial charge on any atom is -0.497 e. The third kappa shape index (κ3) is 4.81. The highest BCUT2D eigenvalue weighted by atomic mass is 32.2. The zero-order valence-electron chi connectivity index (χ0n) is 19.6.